The lowest BCUT2D eigenvalue weighted by molar-refractivity contribution is -0.120. The van der Waals surface area contributed by atoms with Crippen LogP contribution in [0.25, 0.3) is 0 Å². The Balaban J connectivity index is 2.79. The van der Waals surface area contributed by atoms with Crippen LogP contribution in [0.15, 0.2) is 0 Å². The molecule has 78 valence electrons. The fourth-order valence-corrected chi connectivity index (χ4v) is 3.06. The smallest absolute Gasteiger partial charge is 0.329 e. The lowest BCUT2D eigenvalue weighted by Gasteiger charge is -2.35. The average Bonchev–Trinajstić information content (AvgIpc) is 1.94. The van der Waals surface area contributed by atoms with E-state index in [1.807, 2.05) is 0 Å². The Bertz CT molecular complexity index is 281. The van der Waals surface area contributed by atoms with Crippen molar-refractivity contribution >= 4 is 25.8 Å². The monoisotopic (exact) mass is 278 g/mol. The van der Waals surface area contributed by atoms with Crippen molar-refractivity contribution in [2.75, 3.05) is 11.5 Å². The van der Waals surface area contributed by atoms with E-state index in [2.05, 4.69) is 15.9 Å². The Morgan fingerprint density at radius 1 is 1.31 bits per heavy atom. The molecule has 0 amide bonds. The molecule has 0 aliphatic carbocycles. The fraction of sp³-hybridized carbons (Fsp3) is 1.00. The normalized spacial score (nSPS) is 27.1. The van der Waals surface area contributed by atoms with Crippen LogP contribution in [0.1, 0.15) is 12.8 Å². The van der Waals surface area contributed by atoms with E-state index in [0.29, 0.717) is 0 Å². The SMILES string of the molecule is O=S1(=O)CCC(O)(C(F)(F)Br)CC1. The first kappa shape index (κ1) is 11.3. The quantitative estimate of drug-likeness (QED) is 0.726. The van der Waals surface area contributed by atoms with Gasteiger partial charge in [0.2, 0.25) is 0 Å². The summed E-state index contributed by atoms with van der Waals surface area (Å²) in [5, 5.41) is 9.38. The van der Waals surface area contributed by atoms with Crippen LogP contribution in [-0.4, -0.2) is 35.5 Å². The third-order valence-corrected chi connectivity index (χ3v) is 4.57. The molecule has 1 aliphatic heterocycles. The maximum atomic E-state index is 12.7. The first-order valence-electron chi connectivity index (χ1n) is 3.66. The second-order valence-corrected chi connectivity index (χ2v) is 6.48. The van der Waals surface area contributed by atoms with Gasteiger partial charge < -0.3 is 5.11 Å². The second-order valence-electron chi connectivity index (χ2n) is 3.18. The number of alkyl halides is 3. The number of halogens is 3. The van der Waals surface area contributed by atoms with E-state index < -0.39 is 33.1 Å². The van der Waals surface area contributed by atoms with E-state index >= 15 is 0 Å². The van der Waals surface area contributed by atoms with Gasteiger partial charge in [-0.05, 0) is 28.8 Å². The van der Waals surface area contributed by atoms with Crippen LogP contribution in [0, 0.1) is 0 Å². The van der Waals surface area contributed by atoms with E-state index in [1.54, 1.807) is 0 Å². The summed E-state index contributed by atoms with van der Waals surface area (Å²) in [6.45, 7) is 0. The molecular formula is C6H9BrF2O3S. The minimum atomic E-state index is -3.42. The first-order valence-corrected chi connectivity index (χ1v) is 6.27. The van der Waals surface area contributed by atoms with Crippen molar-refractivity contribution in [2.24, 2.45) is 0 Å². The molecule has 3 nitrogen and oxygen atoms in total. The molecule has 0 aromatic heterocycles. The van der Waals surface area contributed by atoms with Crippen LogP contribution >= 0.6 is 15.9 Å². The minimum Gasteiger partial charge on any atom is -0.383 e. The zero-order valence-electron chi connectivity index (χ0n) is 6.63. The van der Waals surface area contributed by atoms with Gasteiger partial charge in [0, 0.05) is 0 Å². The van der Waals surface area contributed by atoms with Gasteiger partial charge in [-0.3, -0.25) is 0 Å². The van der Waals surface area contributed by atoms with Crippen LogP contribution in [0.2, 0.25) is 0 Å². The topological polar surface area (TPSA) is 54.4 Å². The molecule has 1 heterocycles. The lowest BCUT2D eigenvalue weighted by atomic mass is 9.98. The van der Waals surface area contributed by atoms with Crippen molar-refractivity contribution in [3.05, 3.63) is 0 Å². The van der Waals surface area contributed by atoms with Gasteiger partial charge in [0.25, 0.3) is 0 Å². The van der Waals surface area contributed by atoms with Crippen molar-refractivity contribution in [2.45, 2.75) is 23.3 Å². The van der Waals surface area contributed by atoms with Gasteiger partial charge in [-0.15, -0.1) is 0 Å². The predicted octanol–water partition coefficient (Wildman–Crippen LogP) is 0.914. The Morgan fingerprint density at radius 3 is 2.00 bits per heavy atom. The van der Waals surface area contributed by atoms with Gasteiger partial charge >= 0.3 is 4.83 Å². The molecule has 7 heteroatoms. The summed E-state index contributed by atoms with van der Waals surface area (Å²) in [6.07, 6.45) is -0.846. The zero-order valence-corrected chi connectivity index (χ0v) is 9.04. The highest BCUT2D eigenvalue weighted by Crippen LogP contribution is 2.42. The zero-order chi connectivity index (χ0) is 10.3. The van der Waals surface area contributed by atoms with E-state index in [1.165, 1.54) is 0 Å². The standard InChI is InChI=1S/C6H9BrF2O3S/c7-6(8,9)5(10)1-3-13(11,12)4-2-5/h10H,1-4H2. The molecule has 1 saturated heterocycles. The van der Waals surface area contributed by atoms with Crippen LogP contribution in [0.3, 0.4) is 0 Å². The molecule has 0 bridgehead atoms. The summed E-state index contributed by atoms with van der Waals surface area (Å²) in [6, 6.07) is 0. The van der Waals surface area contributed by atoms with Gasteiger partial charge in [0.15, 0.2) is 9.84 Å². The van der Waals surface area contributed by atoms with Gasteiger partial charge in [-0.25, -0.2) is 8.42 Å². The highest BCUT2D eigenvalue weighted by molar-refractivity contribution is 9.10. The molecule has 1 rings (SSSR count). The maximum Gasteiger partial charge on any atom is 0.329 e. The molecule has 1 aliphatic rings. The van der Waals surface area contributed by atoms with E-state index in [9.17, 15) is 22.3 Å². The number of hydrogen-bond acceptors (Lipinski definition) is 3. The minimum absolute atomic E-state index is 0.384. The van der Waals surface area contributed by atoms with Gasteiger partial charge in [-0.1, -0.05) is 0 Å². The van der Waals surface area contributed by atoms with Crippen LogP contribution < -0.4 is 0 Å². The van der Waals surface area contributed by atoms with Crippen molar-refractivity contribution in [3.63, 3.8) is 0 Å². The summed E-state index contributed by atoms with van der Waals surface area (Å²) in [4.78, 5) is -3.42. The molecule has 0 radical (unpaired) electrons. The second kappa shape index (κ2) is 3.13. The van der Waals surface area contributed by atoms with Crippen LogP contribution in [0.5, 0.6) is 0 Å². The highest BCUT2D eigenvalue weighted by atomic mass is 79.9. The molecule has 0 saturated carbocycles. The highest BCUT2D eigenvalue weighted by Gasteiger charge is 2.53. The lowest BCUT2D eigenvalue weighted by Crippen LogP contribution is -2.49. The third-order valence-electron chi connectivity index (χ3n) is 2.18. The molecule has 0 atom stereocenters. The summed E-state index contributed by atoms with van der Waals surface area (Å²) >= 11 is 2.06. The number of aliphatic hydroxyl groups is 1. The van der Waals surface area contributed by atoms with Crippen molar-refractivity contribution in [1.82, 2.24) is 0 Å². The Kier molecular flexibility index (Phi) is 2.73. The molecule has 0 aromatic carbocycles. The van der Waals surface area contributed by atoms with Crippen molar-refractivity contribution in [3.8, 4) is 0 Å². The predicted molar refractivity (Wildman–Crippen MR) is 46.7 cm³/mol. The van der Waals surface area contributed by atoms with Gasteiger partial charge in [0.05, 0.1) is 11.5 Å². The Morgan fingerprint density at radius 2 is 1.69 bits per heavy atom. The number of rotatable bonds is 1. The molecule has 1 fully saturated rings. The van der Waals surface area contributed by atoms with Crippen LogP contribution in [-0.2, 0) is 9.84 Å². The first-order chi connectivity index (χ1) is 5.66. The Hall–Kier alpha value is 0.250. The number of hydrogen-bond donors (Lipinski definition) is 1. The van der Waals surface area contributed by atoms with E-state index in [4.69, 9.17) is 0 Å². The van der Waals surface area contributed by atoms with Crippen molar-refractivity contribution < 1.29 is 22.3 Å². The summed E-state index contributed by atoms with van der Waals surface area (Å²) in [5.41, 5.74) is -2.22. The van der Waals surface area contributed by atoms with E-state index in [-0.39, 0.29) is 11.5 Å². The molecular weight excluding hydrogens is 270 g/mol. The Labute approximate surface area is 83.2 Å². The molecule has 0 spiro atoms. The molecule has 0 aromatic rings. The summed E-state index contributed by atoms with van der Waals surface area (Å²) in [7, 11) is -3.23. The van der Waals surface area contributed by atoms with Crippen molar-refractivity contribution in [1.29, 1.82) is 0 Å². The molecule has 0 unspecified atom stereocenters. The number of sulfone groups is 1. The largest absolute Gasteiger partial charge is 0.383 e. The summed E-state index contributed by atoms with van der Waals surface area (Å²) in [5.74, 6) is -0.768. The maximum absolute atomic E-state index is 12.7. The van der Waals surface area contributed by atoms with Crippen LogP contribution in [0.4, 0.5) is 8.78 Å². The summed E-state index contributed by atoms with van der Waals surface area (Å²) < 4.78 is 47.2. The van der Waals surface area contributed by atoms with E-state index in [0.717, 1.165) is 0 Å². The fourth-order valence-electron chi connectivity index (χ4n) is 1.16. The molecule has 1 N–H and O–H groups in total. The molecule has 13 heavy (non-hydrogen) atoms. The third kappa shape index (κ3) is 2.38. The average molecular weight is 279 g/mol. The van der Waals surface area contributed by atoms with Gasteiger partial charge in [0.1, 0.15) is 5.60 Å². The van der Waals surface area contributed by atoms with Gasteiger partial charge in [-0.2, -0.15) is 8.78 Å².